The third-order valence-corrected chi connectivity index (χ3v) is 6.08. The second kappa shape index (κ2) is 5.54. The van der Waals surface area contributed by atoms with E-state index in [9.17, 15) is 4.79 Å². The quantitative estimate of drug-likeness (QED) is 0.915. The first-order valence-corrected chi connectivity index (χ1v) is 8.55. The predicted molar refractivity (Wildman–Crippen MR) is 81.6 cm³/mol. The SMILES string of the molecule is CN1C2CCC1CC(CNC(=O)c1csc(Br)c1)C2. The van der Waals surface area contributed by atoms with Crippen LogP contribution in [0.2, 0.25) is 0 Å². The van der Waals surface area contributed by atoms with Crippen molar-refractivity contribution in [2.45, 2.75) is 37.8 Å². The minimum atomic E-state index is 0.0632. The zero-order chi connectivity index (χ0) is 13.4. The summed E-state index contributed by atoms with van der Waals surface area (Å²) >= 11 is 4.95. The van der Waals surface area contributed by atoms with Gasteiger partial charge in [-0.3, -0.25) is 4.79 Å². The molecule has 3 rings (SSSR count). The average molecular weight is 343 g/mol. The van der Waals surface area contributed by atoms with Crippen molar-refractivity contribution in [3.05, 3.63) is 20.8 Å². The van der Waals surface area contributed by atoms with E-state index >= 15 is 0 Å². The Kier molecular flexibility index (Phi) is 3.96. The highest BCUT2D eigenvalue weighted by Gasteiger charge is 2.38. The van der Waals surface area contributed by atoms with Crippen molar-refractivity contribution in [2.24, 2.45) is 5.92 Å². The van der Waals surface area contributed by atoms with Crippen LogP contribution in [0.1, 0.15) is 36.0 Å². The van der Waals surface area contributed by atoms with Crippen LogP contribution in [-0.2, 0) is 0 Å². The topological polar surface area (TPSA) is 32.3 Å². The smallest absolute Gasteiger partial charge is 0.252 e. The lowest BCUT2D eigenvalue weighted by molar-refractivity contribution is 0.0918. The fraction of sp³-hybridized carbons (Fsp3) is 0.643. The fourth-order valence-electron chi connectivity index (χ4n) is 3.46. The molecule has 1 N–H and O–H groups in total. The number of rotatable bonds is 3. The van der Waals surface area contributed by atoms with Gasteiger partial charge in [-0.05, 0) is 60.6 Å². The van der Waals surface area contributed by atoms with E-state index < -0.39 is 0 Å². The maximum Gasteiger partial charge on any atom is 0.252 e. The monoisotopic (exact) mass is 342 g/mol. The van der Waals surface area contributed by atoms with Crippen molar-refractivity contribution in [2.75, 3.05) is 13.6 Å². The summed E-state index contributed by atoms with van der Waals surface area (Å²) in [6.07, 6.45) is 5.15. The molecule has 1 aromatic heterocycles. The van der Waals surface area contributed by atoms with Gasteiger partial charge in [0.25, 0.3) is 5.91 Å². The molecule has 2 bridgehead atoms. The van der Waals surface area contributed by atoms with Gasteiger partial charge in [0.15, 0.2) is 0 Å². The number of thiophene rings is 1. The van der Waals surface area contributed by atoms with E-state index in [2.05, 4.69) is 33.2 Å². The summed E-state index contributed by atoms with van der Waals surface area (Å²) in [6, 6.07) is 3.38. The van der Waals surface area contributed by atoms with Crippen LogP contribution < -0.4 is 5.32 Å². The van der Waals surface area contributed by atoms with Gasteiger partial charge in [-0.1, -0.05) is 0 Å². The number of nitrogens with zero attached hydrogens (tertiary/aromatic N) is 1. The van der Waals surface area contributed by atoms with Crippen molar-refractivity contribution < 1.29 is 4.79 Å². The maximum absolute atomic E-state index is 12.0. The number of carbonyl (C=O) groups excluding carboxylic acids is 1. The van der Waals surface area contributed by atoms with Crippen LogP contribution in [0.25, 0.3) is 0 Å². The molecule has 5 heteroatoms. The fourth-order valence-corrected chi connectivity index (χ4v) is 4.60. The summed E-state index contributed by atoms with van der Waals surface area (Å²) in [5, 5.41) is 4.99. The van der Waals surface area contributed by atoms with Crippen LogP contribution in [0.5, 0.6) is 0 Å². The van der Waals surface area contributed by atoms with E-state index in [0.29, 0.717) is 5.92 Å². The number of piperidine rings is 1. The summed E-state index contributed by atoms with van der Waals surface area (Å²) in [5.41, 5.74) is 0.771. The van der Waals surface area contributed by atoms with E-state index in [1.165, 1.54) is 25.7 Å². The molecular formula is C14H19BrN2OS. The number of halogens is 1. The highest BCUT2D eigenvalue weighted by atomic mass is 79.9. The Bertz CT molecular complexity index is 462. The van der Waals surface area contributed by atoms with Crippen molar-refractivity contribution in [3.8, 4) is 0 Å². The first kappa shape index (κ1) is 13.6. The Balaban J connectivity index is 1.52. The number of hydrogen-bond donors (Lipinski definition) is 1. The highest BCUT2D eigenvalue weighted by molar-refractivity contribution is 9.11. The lowest BCUT2D eigenvalue weighted by Crippen LogP contribution is -2.43. The average Bonchev–Trinajstić information content (AvgIpc) is 2.88. The van der Waals surface area contributed by atoms with Crippen LogP contribution in [0.15, 0.2) is 15.2 Å². The number of hydrogen-bond acceptors (Lipinski definition) is 3. The van der Waals surface area contributed by atoms with E-state index in [1.54, 1.807) is 11.3 Å². The lowest BCUT2D eigenvalue weighted by Gasteiger charge is -2.36. The number of amides is 1. The molecule has 3 nitrogen and oxygen atoms in total. The molecule has 2 fully saturated rings. The molecule has 1 aromatic rings. The lowest BCUT2D eigenvalue weighted by atomic mass is 9.91. The molecule has 104 valence electrons. The van der Waals surface area contributed by atoms with Crippen LogP contribution in [-0.4, -0.2) is 36.5 Å². The third-order valence-electron chi connectivity index (χ3n) is 4.58. The minimum Gasteiger partial charge on any atom is -0.352 e. The number of nitrogens with one attached hydrogen (secondary N) is 1. The molecular weight excluding hydrogens is 324 g/mol. The van der Waals surface area contributed by atoms with Gasteiger partial charge in [0.05, 0.1) is 9.35 Å². The molecule has 0 radical (unpaired) electrons. The predicted octanol–water partition coefficient (Wildman–Crippen LogP) is 3.11. The Labute approximate surface area is 126 Å². The Morgan fingerprint density at radius 2 is 2.16 bits per heavy atom. The van der Waals surface area contributed by atoms with Crippen molar-refractivity contribution in [1.29, 1.82) is 0 Å². The summed E-state index contributed by atoms with van der Waals surface area (Å²) in [6.45, 7) is 0.827. The Morgan fingerprint density at radius 1 is 1.47 bits per heavy atom. The standard InChI is InChI=1S/C14H19BrN2OS/c1-17-11-2-3-12(17)5-9(4-11)7-16-14(18)10-6-13(15)19-8-10/h6,8-9,11-12H,2-5,7H2,1H3,(H,16,18). The molecule has 2 aliphatic rings. The Hall–Kier alpha value is -0.390. The molecule has 0 aliphatic carbocycles. The Morgan fingerprint density at radius 3 is 2.74 bits per heavy atom. The molecule has 2 aliphatic heterocycles. The molecule has 0 aromatic carbocycles. The van der Waals surface area contributed by atoms with Gasteiger partial charge in [0, 0.05) is 24.0 Å². The summed E-state index contributed by atoms with van der Waals surface area (Å²) in [4.78, 5) is 14.5. The molecule has 0 spiro atoms. The molecule has 1 amide bonds. The van der Waals surface area contributed by atoms with E-state index in [0.717, 1.165) is 28.0 Å². The van der Waals surface area contributed by atoms with E-state index in [1.807, 2.05) is 11.4 Å². The normalized spacial score (nSPS) is 30.5. The zero-order valence-electron chi connectivity index (χ0n) is 11.1. The largest absolute Gasteiger partial charge is 0.352 e. The van der Waals surface area contributed by atoms with Crippen LogP contribution in [0, 0.1) is 5.92 Å². The van der Waals surface area contributed by atoms with Crippen LogP contribution in [0.4, 0.5) is 0 Å². The molecule has 19 heavy (non-hydrogen) atoms. The highest BCUT2D eigenvalue weighted by Crippen LogP contribution is 2.37. The van der Waals surface area contributed by atoms with Gasteiger partial charge in [-0.2, -0.15) is 0 Å². The van der Waals surface area contributed by atoms with Crippen molar-refractivity contribution in [1.82, 2.24) is 10.2 Å². The third kappa shape index (κ3) is 2.88. The van der Waals surface area contributed by atoms with Gasteiger partial charge >= 0.3 is 0 Å². The summed E-state index contributed by atoms with van der Waals surface area (Å²) in [7, 11) is 2.25. The second-order valence-corrected chi connectivity index (χ2v) is 8.03. The summed E-state index contributed by atoms with van der Waals surface area (Å²) < 4.78 is 1.01. The van der Waals surface area contributed by atoms with Crippen LogP contribution in [0.3, 0.4) is 0 Å². The second-order valence-electron chi connectivity index (χ2n) is 5.74. The maximum atomic E-state index is 12.0. The van der Waals surface area contributed by atoms with Gasteiger partial charge in [-0.25, -0.2) is 0 Å². The zero-order valence-corrected chi connectivity index (χ0v) is 13.5. The number of fused-ring (bicyclic) bond motifs is 2. The molecule has 0 saturated carbocycles. The number of carbonyl (C=O) groups is 1. The van der Waals surface area contributed by atoms with Gasteiger partial charge in [0.1, 0.15) is 0 Å². The molecule has 2 atom stereocenters. The molecule has 3 heterocycles. The van der Waals surface area contributed by atoms with E-state index in [4.69, 9.17) is 0 Å². The van der Waals surface area contributed by atoms with Crippen LogP contribution >= 0.6 is 27.3 Å². The minimum absolute atomic E-state index is 0.0632. The van der Waals surface area contributed by atoms with Crippen molar-refractivity contribution in [3.63, 3.8) is 0 Å². The van der Waals surface area contributed by atoms with Gasteiger partial charge in [-0.15, -0.1) is 11.3 Å². The first-order valence-electron chi connectivity index (χ1n) is 6.87. The molecule has 2 saturated heterocycles. The van der Waals surface area contributed by atoms with Crippen molar-refractivity contribution >= 4 is 33.2 Å². The first-order chi connectivity index (χ1) is 9.13. The van der Waals surface area contributed by atoms with Gasteiger partial charge < -0.3 is 10.2 Å². The molecule has 2 unspecified atom stereocenters. The van der Waals surface area contributed by atoms with E-state index in [-0.39, 0.29) is 5.91 Å². The summed E-state index contributed by atoms with van der Waals surface area (Å²) in [5.74, 6) is 0.716. The van der Waals surface area contributed by atoms with Gasteiger partial charge in [0.2, 0.25) is 0 Å².